The third-order valence-electron chi connectivity index (χ3n) is 2.03. The lowest BCUT2D eigenvalue weighted by molar-refractivity contribution is 0.0980. The number of methoxy groups -OCH3 is 1. The van der Waals surface area contributed by atoms with Crippen molar-refractivity contribution in [2.24, 2.45) is 0 Å². The summed E-state index contributed by atoms with van der Waals surface area (Å²) in [5, 5.41) is 0. The lowest BCUT2D eigenvalue weighted by Gasteiger charge is -2.03. The number of rotatable bonds is 1. The first kappa shape index (κ1) is 9.91. The van der Waals surface area contributed by atoms with Crippen LogP contribution in [0.3, 0.4) is 0 Å². The van der Waals surface area contributed by atoms with Gasteiger partial charge in [-0.1, -0.05) is 0 Å². The van der Waals surface area contributed by atoms with Crippen LogP contribution in [0.5, 0.6) is 5.75 Å². The fraction of sp³-hybridized carbons (Fsp3) is 0.125. The Morgan fingerprint density at radius 3 is 2.67 bits per heavy atom. The molecule has 80 valence electrons. The Labute approximate surface area is 84.9 Å². The maximum absolute atomic E-state index is 13.5. The number of fused-ring (bicyclic) bond motifs is 1. The van der Waals surface area contributed by atoms with E-state index in [2.05, 4.69) is 4.74 Å². The van der Waals surface area contributed by atoms with Crippen LogP contribution in [-0.4, -0.2) is 21.4 Å². The number of carbonyl (C=O) groups is 1. The van der Waals surface area contributed by atoms with Gasteiger partial charge in [-0.3, -0.25) is 4.79 Å². The zero-order valence-electron chi connectivity index (χ0n) is 7.57. The number of amides is 1. The van der Waals surface area contributed by atoms with Gasteiger partial charge in [-0.25, -0.2) is 17.5 Å². The van der Waals surface area contributed by atoms with Crippen molar-refractivity contribution in [3.05, 3.63) is 23.5 Å². The molecule has 1 amide bonds. The first-order valence-corrected chi connectivity index (χ1v) is 5.39. The molecule has 0 radical (unpaired) electrons. The van der Waals surface area contributed by atoms with E-state index in [1.165, 1.54) is 7.11 Å². The average molecular weight is 231 g/mol. The molecule has 0 atom stereocenters. The Bertz CT molecular complexity index is 552. The molecule has 0 unspecified atom stereocenters. The van der Waals surface area contributed by atoms with E-state index in [0.29, 0.717) is 0 Å². The predicted molar refractivity (Wildman–Crippen MR) is 47.6 cm³/mol. The van der Waals surface area contributed by atoms with Gasteiger partial charge in [0.1, 0.15) is 10.5 Å². The molecule has 0 bridgehead atoms. The van der Waals surface area contributed by atoms with E-state index in [0.717, 1.165) is 12.1 Å². The van der Waals surface area contributed by atoms with Crippen molar-refractivity contribution in [1.29, 1.82) is 0 Å². The van der Waals surface area contributed by atoms with E-state index in [-0.39, 0.29) is 10.6 Å². The van der Waals surface area contributed by atoms with Gasteiger partial charge in [-0.2, -0.15) is 0 Å². The second kappa shape index (κ2) is 2.93. The highest BCUT2D eigenvalue weighted by Gasteiger charge is 2.36. The third kappa shape index (κ3) is 1.27. The summed E-state index contributed by atoms with van der Waals surface area (Å²) >= 11 is 0. The molecule has 0 aromatic heterocycles. The highest BCUT2D eigenvalue weighted by molar-refractivity contribution is 7.90. The molecule has 2 rings (SSSR count). The molecule has 7 heteroatoms. The summed E-state index contributed by atoms with van der Waals surface area (Å²) in [5.41, 5.74) is -0.491. The molecule has 0 aliphatic carbocycles. The van der Waals surface area contributed by atoms with E-state index >= 15 is 0 Å². The van der Waals surface area contributed by atoms with Crippen molar-refractivity contribution in [2.75, 3.05) is 7.11 Å². The van der Waals surface area contributed by atoms with E-state index in [1.807, 2.05) is 0 Å². The summed E-state index contributed by atoms with van der Waals surface area (Å²) in [6.07, 6.45) is 0. The van der Waals surface area contributed by atoms with Crippen LogP contribution >= 0.6 is 0 Å². The number of hydrogen-bond donors (Lipinski definition) is 1. The number of halogens is 1. The van der Waals surface area contributed by atoms with Crippen molar-refractivity contribution in [3.8, 4) is 5.75 Å². The van der Waals surface area contributed by atoms with Crippen LogP contribution in [0.15, 0.2) is 17.0 Å². The van der Waals surface area contributed by atoms with Crippen molar-refractivity contribution >= 4 is 15.9 Å². The predicted octanol–water partition coefficient (Wildman–Crippen LogP) is 0.266. The molecule has 0 fully saturated rings. The van der Waals surface area contributed by atoms with Gasteiger partial charge in [-0.15, -0.1) is 0 Å². The molecule has 1 heterocycles. The van der Waals surface area contributed by atoms with Gasteiger partial charge in [0.15, 0.2) is 11.6 Å². The molecule has 15 heavy (non-hydrogen) atoms. The smallest absolute Gasteiger partial charge is 0.269 e. The SMILES string of the molecule is COc1ccc2c(c1F)C(=O)NS2(=O)=O. The number of nitrogens with one attached hydrogen (secondary N) is 1. The fourth-order valence-electron chi connectivity index (χ4n) is 1.36. The summed E-state index contributed by atoms with van der Waals surface area (Å²) in [6.45, 7) is 0. The molecule has 0 saturated heterocycles. The quantitative estimate of drug-likeness (QED) is 0.752. The Hall–Kier alpha value is -1.63. The number of sulfonamides is 1. The maximum atomic E-state index is 13.5. The fourth-order valence-corrected chi connectivity index (χ4v) is 2.51. The van der Waals surface area contributed by atoms with Crippen LogP contribution in [0.1, 0.15) is 10.4 Å². The summed E-state index contributed by atoms with van der Waals surface area (Å²) < 4.78 is 42.4. The van der Waals surface area contributed by atoms with Gasteiger partial charge in [0.2, 0.25) is 0 Å². The molecule has 1 aliphatic rings. The molecule has 1 aromatic rings. The Morgan fingerprint density at radius 1 is 1.40 bits per heavy atom. The standard InChI is InChI=1S/C8H6FNO4S/c1-14-4-2-3-5-6(7(4)9)8(11)10-15(5,12)13/h2-3H,1H3,(H,10,11). The van der Waals surface area contributed by atoms with Gasteiger partial charge in [0.25, 0.3) is 15.9 Å². The minimum atomic E-state index is -3.90. The highest BCUT2D eigenvalue weighted by atomic mass is 32.2. The van der Waals surface area contributed by atoms with Crippen molar-refractivity contribution < 1.29 is 22.3 Å². The van der Waals surface area contributed by atoms with Gasteiger partial charge < -0.3 is 4.74 Å². The van der Waals surface area contributed by atoms with Crippen LogP contribution in [0.2, 0.25) is 0 Å². The van der Waals surface area contributed by atoms with Gasteiger partial charge in [-0.05, 0) is 12.1 Å². The van der Waals surface area contributed by atoms with Crippen molar-refractivity contribution in [3.63, 3.8) is 0 Å². The first-order valence-electron chi connectivity index (χ1n) is 3.91. The molecular formula is C8H6FNO4S. The van der Waals surface area contributed by atoms with E-state index in [9.17, 15) is 17.6 Å². The zero-order valence-corrected chi connectivity index (χ0v) is 8.39. The van der Waals surface area contributed by atoms with Crippen molar-refractivity contribution in [2.45, 2.75) is 4.90 Å². The van der Waals surface area contributed by atoms with E-state index in [4.69, 9.17) is 0 Å². The van der Waals surface area contributed by atoms with Gasteiger partial charge in [0.05, 0.1) is 7.11 Å². The molecular weight excluding hydrogens is 225 g/mol. The van der Waals surface area contributed by atoms with Crippen LogP contribution in [-0.2, 0) is 10.0 Å². The van der Waals surface area contributed by atoms with Crippen LogP contribution < -0.4 is 9.46 Å². The Balaban J connectivity index is 2.81. The minimum Gasteiger partial charge on any atom is -0.494 e. The molecule has 1 aromatic carbocycles. The zero-order chi connectivity index (χ0) is 11.2. The summed E-state index contributed by atoms with van der Waals surface area (Å²) in [7, 11) is -2.67. The molecule has 1 aliphatic heterocycles. The maximum Gasteiger partial charge on any atom is 0.269 e. The molecule has 0 saturated carbocycles. The Kier molecular flexibility index (Phi) is 1.93. The summed E-state index contributed by atoms with van der Waals surface area (Å²) in [4.78, 5) is 10.8. The summed E-state index contributed by atoms with van der Waals surface area (Å²) in [6, 6.07) is 2.29. The lowest BCUT2D eigenvalue weighted by Crippen LogP contribution is -2.21. The first-order chi connectivity index (χ1) is 6.97. The summed E-state index contributed by atoms with van der Waals surface area (Å²) in [5.74, 6) is -2.10. The third-order valence-corrected chi connectivity index (χ3v) is 3.41. The van der Waals surface area contributed by atoms with E-state index in [1.54, 1.807) is 4.72 Å². The minimum absolute atomic E-state index is 0.166. The normalized spacial score (nSPS) is 17.1. The van der Waals surface area contributed by atoms with Gasteiger partial charge >= 0.3 is 0 Å². The monoisotopic (exact) mass is 231 g/mol. The number of hydrogen-bond acceptors (Lipinski definition) is 4. The Morgan fingerprint density at radius 2 is 2.07 bits per heavy atom. The molecule has 0 spiro atoms. The molecule has 5 nitrogen and oxygen atoms in total. The van der Waals surface area contributed by atoms with Crippen LogP contribution in [0.25, 0.3) is 0 Å². The molecule has 1 N–H and O–H groups in total. The van der Waals surface area contributed by atoms with E-state index < -0.39 is 27.3 Å². The van der Waals surface area contributed by atoms with Gasteiger partial charge in [0, 0.05) is 0 Å². The lowest BCUT2D eigenvalue weighted by atomic mass is 10.2. The second-order valence-corrected chi connectivity index (χ2v) is 4.54. The largest absolute Gasteiger partial charge is 0.494 e. The van der Waals surface area contributed by atoms with Crippen LogP contribution in [0, 0.1) is 5.82 Å². The number of ether oxygens (including phenoxy) is 1. The number of benzene rings is 1. The van der Waals surface area contributed by atoms with Crippen LogP contribution in [0.4, 0.5) is 4.39 Å². The van der Waals surface area contributed by atoms with Crippen molar-refractivity contribution in [1.82, 2.24) is 4.72 Å². The average Bonchev–Trinajstić information content (AvgIpc) is 2.38. The second-order valence-electron chi connectivity index (χ2n) is 2.89. The highest BCUT2D eigenvalue weighted by Crippen LogP contribution is 2.30. The number of carbonyl (C=O) groups excluding carboxylic acids is 1. The topological polar surface area (TPSA) is 72.5 Å².